The van der Waals surface area contributed by atoms with E-state index in [1.165, 1.54) is 12.3 Å². The van der Waals surface area contributed by atoms with Crippen LogP contribution in [0.1, 0.15) is 42.4 Å². The molecule has 0 radical (unpaired) electrons. The molecule has 2 aromatic rings. The highest BCUT2D eigenvalue weighted by atomic mass is 32.2. The molecule has 3 rings (SSSR count). The van der Waals surface area contributed by atoms with Gasteiger partial charge in [0.25, 0.3) is 5.91 Å². The van der Waals surface area contributed by atoms with Crippen molar-refractivity contribution in [3.8, 4) is 0 Å². The molecular formula is C20H21N3O4S. The summed E-state index contributed by atoms with van der Waals surface area (Å²) in [4.78, 5) is 33.4. The Morgan fingerprint density at radius 2 is 1.96 bits per heavy atom. The van der Waals surface area contributed by atoms with Crippen molar-refractivity contribution >= 4 is 28.5 Å². The Kier molecular flexibility index (Phi) is 5.42. The number of aliphatic imine (C=N–C) groups is 1. The van der Waals surface area contributed by atoms with E-state index in [0.29, 0.717) is 10.5 Å². The van der Waals surface area contributed by atoms with Crippen LogP contribution in [0.25, 0.3) is 0 Å². The Labute approximate surface area is 165 Å². The Morgan fingerprint density at radius 3 is 2.54 bits per heavy atom. The van der Waals surface area contributed by atoms with Crippen LogP contribution in [0.3, 0.4) is 0 Å². The number of carboxylic acids is 1. The molecule has 2 atom stereocenters. The monoisotopic (exact) mass is 399 g/mol. The van der Waals surface area contributed by atoms with Gasteiger partial charge in [0.05, 0.1) is 22.1 Å². The standard InChI is InChI=1S/C20H21N3O4S/c1-12(2)20(3)19(26)22-17(23-20)16-15(18(24)25)9-13(10-21-16)11-28(27)14-7-5-4-6-8-14/h4-10,12H,11H2,1-3H3,(H,24,25)(H,22,23,26). The number of carbonyl (C=O) groups is 2. The number of benzene rings is 1. The van der Waals surface area contributed by atoms with E-state index in [9.17, 15) is 18.9 Å². The van der Waals surface area contributed by atoms with Crippen molar-refractivity contribution in [3.63, 3.8) is 0 Å². The molecule has 2 N–H and O–H groups in total. The number of pyridine rings is 1. The first-order valence-corrected chi connectivity index (χ1v) is 10.1. The molecule has 1 aromatic carbocycles. The molecule has 146 valence electrons. The summed E-state index contributed by atoms with van der Waals surface area (Å²) in [6.45, 7) is 5.46. The summed E-state index contributed by atoms with van der Waals surface area (Å²) in [5.74, 6) is -1.25. The number of amides is 1. The van der Waals surface area contributed by atoms with Gasteiger partial charge in [-0.15, -0.1) is 0 Å². The molecule has 0 saturated heterocycles. The van der Waals surface area contributed by atoms with E-state index in [4.69, 9.17) is 0 Å². The average molecular weight is 399 g/mol. The summed E-state index contributed by atoms with van der Waals surface area (Å²) in [6.07, 6.45) is 1.47. The number of aromatic carboxylic acids is 1. The fraction of sp³-hybridized carbons (Fsp3) is 0.300. The fourth-order valence-corrected chi connectivity index (χ4v) is 3.88. The molecule has 0 aliphatic carbocycles. The molecule has 0 bridgehead atoms. The Bertz CT molecular complexity index is 988. The minimum atomic E-state index is -1.32. The smallest absolute Gasteiger partial charge is 0.338 e. The number of carboxylic acid groups (broad SMARTS) is 1. The van der Waals surface area contributed by atoms with Gasteiger partial charge in [-0.3, -0.25) is 14.0 Å². The fourth-order valence-electron chi connectivity index (χ4n) is 2.79. The van der Waals surface area contributed by atoms with Crippen molar-refractivity contribution in [3.05, 3.63) is 59.4 Å². The summed E-state index contributed by atoms with van der Waals surface area (Å²) in [5.41, 5.74) is -0.436. The number of nitrogens with zero attached hydrogens (tertiary/aromatic N) is 2. The molecular weight excluding hydrogens is 378 g/mol. The summed E-state index contributed by atoms with van der Waals surface area (Å²) < 4.78 is 12.5. The van der Waals surface area contributed by atoms with E-state index in [1.54, 1.807) is 31.2 Å². The average Bonchev–Trinajstić information content (AvgIpc) is 2.98. The van der Waals surface area contributed by atoms with Gasteiger partial charge in [0.1, 0.15) is 11.2 Å². The normalized spacial score (nSPS) is 20.0. The van der Waals surface area contributed by atoms with Gasteiger partial charge in [-0.2, -0.15) is 0 Å². The van der Waals surface area contributed by atoms with Crippen LogP contribution in [0, 0.1) is 5.92 Å². The first kappa shape index (κ1) is 19.9. The van der Waals surface area contributed by atoms with Crippen molar-refractivity contribution in [2.24, 2.45) is 10.9 Å². The van der Waals surface area contributed by atoms with Crippen LogP contribution < -0.4 is 5.32 Å². The van der Waals surface area contributed by atoms with Gasteiger partial charge in [0.2, 0.25) is 0 Å². The summed E-state index contributed by atoms with van der Waals surface area (Å²) in [6, 6.07) is 10.4. The molecule has 0 spiro atoms. The molecule has 1 aromatic heterocycles. The Balaban J connectivity index is 1.94. The maximum absolute atomic E-state index is 12.5. The maximum atomic E-state index is 12.5. The molecule has 28 heavy (non-hydrogen) atoms. The molecule has 0 saturated carbocycles. The third-order valence-electron chi connectivity index (χ3n) is 4.86. The van der Waals surface area contributed by atoms with Crippen molar-refractivity contribution in [1.29, 1.82) is 0 Å². The lowest BCUT2D eigenvalue weighted by atomic mass is 9.89. The predicted molar refractivity (Wildman–Crippen MR) is 106 cm³/mol. The second kappa shape index (κ2) is 7.63. The minimum Gasteiger partial charge on any atom is -0.478 e. The number of hydrogen-bond acceptors (Lipinski definition) is 5. The van der Waals surface area contributed by atoms with Crippen molar-refractivity contribution in [2.75, 3.05) is 0 Å². The second-order valence-electron chi connectivity index (χ2n) is 7.06. The lowest BCUT2D eigenvalue weighted by molar-refractivity contribution is -0.124. The first-order valence-electron chi connectivity index (χ1n) is 8.79. The van der Waals surface area contributed by atoms with Gasteiger partial charge >= 0.3 is 5.97 Å². The first-order chi connectivity index (χ1) is 13.2. The molecule has 8 heteroatoms. The Hall–Kier alpha value is -2.87. The van der Waals surface area contributed by atoms with Crippen LogP contribution in [-0.2, 0) is 21.3 Å². The van der Waals surface area contributed by atoms with E-state index in [0.717, 1.165) is 0 Å². The predicted octanol–water partition coefficient (Wildman–Crippen LogP) is 2.38. The quantitative estimate of drug-likeness (QED) is 0.775. The number of rotatable bonds is 6. The lowest BCUT2D eigenvalue weighted by Gasteiger charge is -2.21. The van der Waals surface area contributed by atoms with Crippen molar-refractivity contribution in [1.82, 2.24) is 10.3 Å². The number of carbonyl (C=O) groups excluding carboxylic acids is 1. The SMILES string of the molecule is CC(C)C1(C)N=C(c2ncc(CS(=O)c3ccccc3)cc2C(=O)O)NC1=O. The van der Waals surface area contributed by atoms with Crippen LogP contribution in [0.5, 0.6) is 0 Å². The number of aromatic nitrogens is 1. The zero-order valence-corrected chi connectivity index (χ0v) is 16.6. The maximum Gasteiger partial charge on any atom is 0.338 e. The molecule has 2 unspecified atom stereocenters. The van der Waals surface area contributed by atoms with E-state index in [-0.39, 0.29) is 34.7 Å². The zero-order valence-electron chi connectivity index (χ0n) is 15.8. The van der Waals surface area contributed by atoms with Crippen molar-refractivity contribution < 1.29 is 18.9 Å². The highest BCUT2D eigenvalue weighted by Gasteiger charge is 2.43. The molecule has 1 amide bonds. The molecule has 2 heterocycles. The van der Waals surface area contributed by atoms with Gasteiger partial charge in [0.15, 0.2) is 5.84 Å². The molecule has 1 aliphatic rings. The van der Waals surface area contributed by atoms with Crippen LogP contribution in [0.15, 0.2) is 52.5 Å². The second-order valence-corrected chi connectivity index (χ2v) is 8.52. The van der Waals surface area contributed by atoms with Gasteiger partial charge in [-0.1, -0.05) is 32.0 Å². The highest BCUT2D eigenvalue weighted by molar-refractivity contribution is 7.84. The molecule has 0 fully saturated rings. The van der Waals surface area contributed by atoms with Crippen LogP contribution in [0.4, 0.5) is 0 Å². The Morgan fingerprint density at radius 1 is 1.29 bits per heavy atom. The minimum absolute atomic E-state index is 0.0640. The number of nitrogens with one attached hydrogen (secondary N) is 1. The van der Waals surface area contributed by atoms with Crippen LogP contribution in [0.2, 0.25) is 0 Å². The zero-order chi connectivity index (χ0) is 20.5. The van der Waals surface area contributed by atoms with Gasteiger partial charge < -0.3 is 10.4 Å². The molecule has 7 nitrogen and oxygen atoms in total. The van der Waals surface area contributed by atoms with Crippen LogP contribution in [-0.4, -0.2) is 37.6 Å². The lowest BCUT2D eigenvalue weighted by Crippen LogP contribution is -2.41. The van der Waals surface area contributed by atoms with Gasteiger partial charge in [0, 0.05) is 11.1 Å². The molecule has 1 aliphatic heterocycles. The largest absolute Gasteiger partial charge is 0.478 e. The van der Waals surface area contributed by atoms with E-state index in [2.05, 4.69) is 15.3 Å². The van der Waals surface area contributed by atoms with E-state index in [1.807, 2.05) is 19.9 Å². The number of amidine groups is 1. The third-order valence-corrected chi connectivity index (χ3v) is 6.26. The third kappa shape index (κ3) is 3.73. The van der Waals surface area contributed by atoms with Gasteiger partial charge in [-0.05, 0) is 36.6 Å². The summed E-state index contributed by atoms with van der Waals surface area (Å²) >= 11 is 0. The number of hydrogen-bond donors (Lipinski definition) is 2. The topological polar surface area (TPSA) is 109 Å². The van der Waals surface area contributed by atoms with Gasteiger partial charge in [-0.25, -0.2) is 9.79 Å². The van der Waals surface area contributed by atoms with Crippen molar-refractivity contribution in [2.45, 2.75) is 37.0 Å². The summed E-state index contributed by atoms with van der Waals surface area (Å²) in [7, 11) is -1.32. The van der Waals surface area contributed by atoms with Crippen LogP contribution >= 0.6 is 0 Å². The summed E-state index contributed by atoms with van der Waals surface area (Å²) in [5, 5.41) is 12.3. The highest BCUT2D eigenvalue weighted by Crippen LogP contribution is 2.27. The van der Waals surface area contributed by atoms with E-state index >= 15 is 0 Å². The van der Waals surface area contributed by atoms with E-state index < -0.39 is 22.3 Å².